The summed E-state index contributed by atoms with van der Waals surface area (Å²) in [7, 11) is 0. The number of nitrogens with zero attached hydrogens (tertiary/aromatic N) is 2. The number of hydrogen-bond acceptors (Lipinski definition) is 5. The van der Waals surface area contributed by atoms with Crippen molar-refractivity contribution in [2.45, 2.75) is 38.5 Å². The van der Waals surface area contributed by atoms with E-state index in [-0.39, 0.29) is 30.7 Å². The van der Waals surface area contributed by atoms with E-state index in [0.717, 1.165) is 43.6 Å². The van der Waals surface area contributed by atoms with Gasteiger partial charge in [0.2, 0.25) is 5.91 Å². The van der Waals surface area contributed by atoms with Crippen molar-refractivity contribution in [3.63, 3.8) is 0 Å². The van der Waals surface area contributed by atoms with Gasteiger partial charge in [0.05, 0.1) is 18.8 Å². The van der Waals surface area contributed by atoms with Gasteiger partial charge in [0.15, 0.2) is 6.10 Å². The highest BCUT2D eigenvalue weighted by Gasteiger charge is 2.34. The third-order valence-electron chi connectivity index (χ3n) is 5.78. The fraction of sp³-hybridized carbons (Fsp3) is 0.417. The number of hydrogen-bond donors (Lipinski definition) is 1. The molecule has 0 bridgehead atoms. The fourth-order valence-corrected chi connectivity index (χ4v) is 4.12. The van der Waals surface area contributed by atoms with Crippen LogP contribution in [0.3, 0.4) is 0 Å². The second kappa shape index (κ2) is 10.5. The summed E-state index contributed by atoms with van der Waals surface area (Å²) in [5.74, 6) is 0.389. The number of anilines is 1. The van der Waals surface area contributed by atoms with Gasteiger partial charge < -0.3 is 24.6 Å². The molecule has 2 aliphatic rings. The highest BCUT2D eigenvalue weighted by molar-refractivity contribution is 5.86. The molecule has 1 fully saturated rings. The lowest BCUT2D eigenvalue weighted by atomic mass is 10.1. The third kappa shape index (κ3) is 5.91. The predicted octanol–water partition coefficient (Wildman–Crippen LogP) is 3.18. The molecule has 2 amide bonds. The first-order chi connectivity index (χ1) is 16.0. The SMILES string of the molecule is O=C(CN1CC(C(=O)N2CCCCC2)Oc2ccccc21)NCc1ccc(OC(F)F)cc1. The predicted molar refractivity (Wildman–Crippen MR) is 118 cm³/mol. The summed E-state index contributed by atoms with van der Waals surface area (Å²) in [5, 5.41) is 2.84. The molecule has 2 heterocycles. The zero-order valence-electron chi connectivity index (χ0n) is 18.2. The Kier molecular flexibility index (Phi) is 7.26. The van der Waals surface area contributed by atoms with Gasteiger partial charge in [-0.25, -0.2) is 0 Å². The van der Waals surface area contributed by atoms with Crippen molar-refractivity contribution in [2.75, 3.05) is 31.1 Å². The highest BCUT2D eigenvalue weighted by Crippen LogP contribution is 2.33. The van der Waals surface area contributed by atoms with Crippen LogP contribution in [0.15, 0.2) is 48.5 Å². The zero-order chi connectivity index (χ0) is 23.2. The van der Waals surface area contributed by atoms with Crippen molar-refractivity contribution in [3.05, 3.63) is 54.1 Å². The van der Waals surface area contributed by atoms with E-state index in [9.17, 15) is 18.4 Å². The van der Waals surface area contributed by atoms with Crippen LogP contribution in [-0.4, -0.2) is 55.6 Å². The number of fused-ring (bicyclic) bond motifs is 1. The number of benzene rings is 2. The van der Waals surface area contributed by atoms with Gasteiger partial charge in [-0.1, -0.05) is 24.3 Å². The van der Waals surface area contributed by atoms with E-state index in [1.54, 1.807) is 18.2 Å². The largest absolute Gasteiger partial charge is 0.477 e. The Labute approximate surface area is 191 Å². The molecule has 2 aromatic rings. The first kappa shape index (κ1) is 22.8. The molecule has 0 radical (unpaired) electrons. The Morgan fingerprint density at radius 3 is 2.52 bits per heavy atom. The zero-order valence-corrected chi connectivity index (χ0v) is 18.2. The molecule has 33 heavy (non-hydrogen) atoms. The van der Waals surface area contributed by atoms with Crippen LogP contribution in [0.4, 0.5) is 14.5 Å². The fourth-order valence-electron chi connectivity index (χ4n) is 4.12. The summed E-state index contributed by atoms with van der Waals surface area (Å²) in [4.78, 5) is 29.4. The number of amides is 2. The maximum absolute atomic E-state index is 13.0. The van der Waals surface area contributed by atoms with Crippen molar-refractivity contribution in [1.29, 1.82) is 0 Å². The van der Waals surface area contributed by atoms with E-state index < -0.39 is 12.7 Å². The Morgan fingerprint density at radius 1 is 1.06 bits per heavy atom. The molecule has 9 heteroatoms. The second-order valence-corrected chi connectivity index (χ2v) is 8.14. The van der Waals surface area contributed by atoms with E-state index in [0.29, 0.717) is 12.3 Å². The molecule has 2 aliphatic heterocycles. The van der Waals surface area contributed by atoms with Crippen LogP contribution in [0.1, 0.15) is 24.8 Å². The summed E-state index contributed by atoms with van der Waals surface area (Å²) >= 11 is 0. The van der Waals surface area contributed by atoms with Crippen LogP contribution in [0.5, 0.6) is 11.5 Å². The van der Waals surface area contributed by atoms with Crippen LogP contribution >= 0.6 is 0 Å². The standard InChI is InChI=1S/C24H27F2N3O4/c25-24(26)32-18-10-8-17(9-11-18)14-27-22(30)16-29-15-21(23(31)28-12-4-1-5-13-28)33-20-7-3-2-6-19(20)29/h2-3,6-11,21,24H,1,4-5,12-16H2,(H,27,30). The molecule has 0 aromatic heterocycles. The van der Waals surface area contributed by atoms with Gasteiger partial charge in [-0.2, -0.15) is 8.78 Å². The highest BCUT2D eigenvalue weighted by atomic mass is 19.3. The molecule has 7 nitrogen and oxygen atoms in total. The summed E-state index contributed by atoms with van der Waals surface area (Å²) < 4.78 is 34.9. The molecule has 2 aromatic carbocycles. The first-order valence-corrected chi connectivity index (χ1v) is 11.1. The Bertz CT molecular complexity index is 964. The maximum atomic E-state index is 13.0. The van der Waals surface area contributed by atoms with E-state index >= 15 is 0 Å². The number of para-hydroxylation sites is 2. The number of rotatable bonds is 7. The normalized spacial score (nSPS) is 17.8. The molecule has 1 atom stereocenters. The number of ether oxygens (including phenoxy) is 2. The Balaban J connectivity index is 1.37. The van der Waals surface area contributed by atoms with Crippen molar-refractivity contribution >= 4 is 17.5 Å². The lowest BCUT2D eigenvalue weighted by Crippen LogP contribution is -2.53. The van der Waals surface area contributed by atoms with Crippen molar-refractivity contribution < 1.29 is 27.8 Å². The molecule has 0 spiro atoms. The van der Waals surface area contributed by atoms with E-state index in [1.165, 1.54) is 12.1 Å². The number of likely N-dealkylation sites (tertiary alicyclic amines) is 1. The summed E-state index contributed by atoms with van der Waals surface area (Å²) in [6.45, 7) is -0.798. The van der Waals surface area contributed by atoms with Crippen molar-refractivity contribution in [1.82, 2.24) is 10.2 Å². The van der Waals surface area contributed by atoms with Crippen LogP contribution in [0.2, 0.25) is 0 Å². The number of carbonyl (C=O) groups is 2. The van der Waals surface area contributed by atoms with E-state index in [4.69, 9.17) is 4.74 Å². The summed E-state index contributed by atoms with van der Waals surface area (Å²) in [5.41, 5.74) is 1.52. The molecule has 1 saturated heterocycles. The Morgan fingerprint density at radius 2 is 1.79 bits per heavy atom. The molecule has 1 N–H and O–H groups in total. The molecule has 4 rings (SSSR count). The van der Waals surface area contributed by atoms with Crippen molar-refractivity contribution in [3.8, 4) is 11.5 Å². The average Bonchev–Trinajstić information content (AvgIpc) is 2.83. The van der Waals surface area contributed by atoms with Gasteiger partial charge in [0, 0.05) is 19.6 Å². The van der Waals surface area contributed by atoms with E-state index in [2.05, 4.69) is 10.1 Å². The van der Waals surface area contributed by atoms with E-state index in [1.807, 2.05) is 28.0 Å². The number of carbonyl (C=O) groups excluding carboxylic acids is 2. The van der Waals surface area contributed by atoms with Crippen molar-refractivity contribution in [2.24, 2.45) is 0 Å². The van der Waals surface area contributed by atoms with Gasteiger partial charge in [0.1, 0.15) is 11.5 Å². The van der Waals surface area contributed by atoms with Crippen LogP contribution in [-0.2, 0) is 16.1 Å². The minimum atomic E-state index is -2.88. The smallest absolute Gasteiger partial charge is 0.387 e. The monoisotopic (exact) mass is 459 g/mol. The number of halogens is 2. The third-order valence-corrected chi connectivity index (χ3v) is 5.78. The number of nitrogens with one attached hydrogen (secondary N) is 1. The average molecular weight is 459 g/mol. The lowest BCUT2D eigenvalue weighted by Gasteiger charge is -2.38. The van der Waals surface area contributed by atoms with Gasteiger partial charge >= 0.3 is 6.61 Å². The quantitative estimate of drug-likeness (QED) is 0.689. The number of alkyl halides is 2. The van der Waals surface area contributed by atoms with Gasteiger partial charge in [-0.3, -0.25) is 9.59 Å². The summed E-state index contributed by atoms with van der Waals surface area (Å²) in [6, 6.07) is 13.5. The van der Waals surface area contributed by atoms with Gasteiger partial charge in [-0.15, -0.1) is 0 Å². The van der Waals surface area contributed by atoms with Crippen LogP contribution in [0.25, 0.3) is 0 Å². The topological polar surface area (TPSA) is 71.1 Å². The number of piperidine rings is 1. The lowest BCUT2D eigenvalue weighted by molar-refractivity contribution is -0.139. The summed E-state index contributed by atoms with van der Waals surface area (Å²) in [6.07, 6.45) is 2.47. The van der Waals surface area contributed by atoms with Gasteiger partial charge in [-0.05, 0) is 49.1 Å². The van der Waals surface area contributed by atoms with Crippen LogP contribution < -0.4 is 19.7 Å². The second-order valence-electron chi connectivity index (χ2n) is 8.14. The van der Waals surface area contributed by atoms with Gasteiger partial charge in [0.25, 0.3) is 5.91 Å². The minimum Gasteiger partial charge on any atom is -0.477 e. The molecule has 0 saturated carbocycles. The van der Waals surface area contributed by atoms with Crippen LogP contribution in [0, 0.1) is 0 Å². The molecular formula is C24H27F2N3O4. The minimum absolute atomic E-state index is 0.0410. The molecule has 0 aliphatic carbocycles. The Hall–Kier alpha value is -3.36. The molecule has 176 valence electrons. The first-order valence-electron chi connectivity index (χ1n) is 11.1. The molecular weight excluding hydrogens is 432 g/mol. The molecule has 1 unspecified atom stereocenters. The maximum Gasteiger partial charge on any atom is 0.387 e.